The summed E-state index contributed by atoms with van der Waals surface area (Å²) in [5.41, 5.74) is 1.18. The minimum absolute atomic E-state index is 0.0245. The molecule has 4 aromatic rings. The van der Waals surface area contributed by atoms with Gasteiger partial charge < -0.3 is 24.1 Å². The third kappa shape index (κ3) is 3.65. The van der Waals surface area contributed by atoms with Crippen LogP contribution in [0.25, 0.3) is 11.0 Å². The lowest BCUT2D eigenvalue weighted by Crippen LogP contribution is -2.31. The summed E-state index contributed by atoms with van der Waals surface area (Å²) >= 11 is 0. The van der Waals surface area contributed by atoms with E-state index in [1.54, 1.807) is 60.7 Å². The standard InChI is InChI=1S/C27H21NO7/c1-33-19-7-4-6-17(14-19)28-23(15-9-11-18(29)12-10-15)22(25(31)27(28)32)24(30)21-13-16-5-3-8-20(34-2)26(16)35-21/h3-14,23,29,31H,1-2H3. The number of Topliss-reactive ketones (excluding diaryl/α,β-unsaturated/α-hetero) is 1. The first-order chi connectivity index (χ1) is 16.9. The molecule has 0 bridgehead atoms. The summed E-state index contributed by atoms with van der Waals surface area (Å²) in [7, 11) is 3.00. The molecule has 1 amide bonds. The van der Waals surface area contributed by atoms with E-state index in [0.717, 1.165) is 0 Å². The minimum Gasteiger partial charge on any atom is -0.508 e. The molecule has 35 heavy (non-hydrogen) atoms. The largest absolute Gasteiger partial charge is 0.508 e. The van der Waals surface area contributed by atoms with Crippen LogP contribution in [-0.4, -0.2) is 36.1 Å². The number of phenols is 1. The third-order valence-electron chi connectivity index (χ3n) is 5.94. The zero-order valence-electron chi connectivity index (χ0n) is 18.9. The number of fused-ring (bicyclic) bond motifs is 1. The highest BCUT2D eigenvalue weighted by Gasteiger charge is 2.45. The monoisotopic (exact) mass is 471 g/mol. The van der Waals surface area contributed by atoms with E-state index in [9.17, 15) is 19.8 Å². The number of para-hydroxylation sites is 1. The van der Waals surface area contributed by atoms with Crippen LogP contribution in [-0.2, 0) is 4.79 Å². The van der Waals surface area contributed by atoms with Crippen LogP contribution in [0.4, 0.5) is 5.69 Å². The number of amides is 1. The van der Waals surface area contributed by atoms with Crippen LogP contribution >= 0.6 is 0 Å². The number of furan rings is 1. The maximum absolute atomic E-state index is 13.7. The molecule has 2 heterocycles. The quantitative estimate of drug-likeness (QED) is 0.384. The van der Waals surface area contributed by atoms with E-state index in [1.165, 1.54) is 31.3 Å². The summed E-state index contributed by atoms with van der Waals surface area (Å²) in [6.07, 6.45) is 0. The lowest BCUT2D eigenvalue weighted by molar-refractivity contribution is -0.117. The number of anilines is 1. The van der Waals surface area contributed by atoms with Crippen LogP contribution in [0.15, 0.2) is 88.5 Å². The first-order valence-electron chi connectivity index (χ1n) is 10.7. The van der Waals surface area contributed by atoms with E-state index in [1.807, 2.05) is 0 Å². The number of ketones is 1. The van der Waals surface area contributed by atoms with Crippen LogP contribution in [0.3, 0.4) is 0 Å². The molecule has 0 spiro atoms. The number of hydrogen-bond acceptors (Lipinski definition) is 7. The van der Waals surface area contributed by atoms with Crippen LogP contribution in [0.5, 0.6) is 17.2 Å². The number of phenolic OH excluding ortho intramolecular Hbond substituents is 1. The molecule has 1 unspecified atom stereocenters. The van der Waals surface area contributed by atoms with Crippen molar-refractivity contribution < 1.29 is 33.7 Å². The van der Waals surface area contributed by atoms with Gasteiger partial charge in [0, 0.05) is 17.1 Å². The molecule has 3 aromatic carbocycles. The Bertz CT molecular complexity index is 1480. The van der Waals surface area contributed by atoms with Crippen molar-refractivity contribution in [3.05, 3.63) is 95.5 Å². The molecule has 2 N–H and O–H groups in total. The SMILES string of the molecule is COc1cccc(N2C(=O)C(O)=C(C(=O)c3cc4cccc(OC)c4o3)C2c2ccc(O)cc2)c1. The molecule has 176 valence electrons. The van der Waals surface area contributed by atoms with Crippen molar-refractivity contribution in [3.8, 4) is 17.2 Å². The van der Waals surface area contributed by atoms with Crippen molar-refractivity contribution in [2.45, 2.75) is 6.04 Å². The Morgan fingerprint density at radius 1 is 0.943 bits per heavy atom. The Hall–Kier alpha value is -4.72. The minimum atomic E-state index is -0.974. The molecule has 0 fully saturated rings. The Morgan fingerprint density at radius 3 is 2.40 bits per heavy atom. The van der Waals surface area contributed by atoms with Gasteiger partial charge in [-0.15, -0.1) is 0 Å². The number of aliphatic hydroxyl groups is 1. The Kier molecular flexibility index (Phi) is 5.41. The molecule has 5 rings (SSSR count). The lowest BCUT2D eigenvalue weighted by atomic mass is 9.94. The fourth-order valence-corrected chi connectivity index (χ4v) is 4.28. The Labute approximate surface area is 200 Å². The number of rotatable bonds is 6. The molecule has 8 nitrogen and oxygen atoms in total. The number of aliphatic hydroxyl groups excluding tert-OH is 1. The Morgan fingerprint density at radius 2 is 1.69 bits per heavy atom. The van der Waals surface area contributed by atoms with E-state index in [-0.39, 0.29) is 17.1 Å². The smallest absolute Gasteiger partial charge is 0.294 e. The maximum Gasteiger partial charge on any atom is 0.294 e. The molecule has 8 heteroatoms. The van der Waals surface area contributed by atoms with E-state index < -0.39 is 23.5 Å². The predicted octanol–water partition coefficient (Wildman–Crippen LogP) is 4.94. The number of carbonyl (C=O) groups excluding carboxylic acids is 2. The topological polar surface area (TPSA) is 109 Å². The molecular weight excluding hydrogens is 450 g/mol. The highest BCUT2D eigenvalue weighted by atomic mass is 16.5. The van der Waals surface area contributed by atoms with Crippen LogP contribution in [0.1, 0.15) is 22.2 Å². The van der Waals surface area contributed by atoms with Crippen LogP contribution in [0.2, 0.25) is 0 Å². The van der Waals surface area contributed by atoms with Crippen molar-refractivity contribution in [1.82, 2.24) is 0 Å². The maximum atomic E-state index is 13.7. The fourth-order valence-electron chi connectivity index (χ4n) is 4.28. The normalized spacial score (nSPS) is 15.7. The van der Waals surface area contributed by atoms with Gasteiger partial charge in [0.05, 0.1) is 25.8 Å². The second-order valence-electron chi connectivity index (χ2n) is 7.95. The van der Waals surface area contributed by atoms with Crippen LogP contribution in [0, 0.1) is 0 Å². The molecule has 1 atom stereocenters. The van der Waals surface area contributed by atoms with Gasteiger partial charge in [0.15, 0.2) is 22.9 Å². The van der Waals surface area contributed by atoms with E-state index in [2.05, 4.69) is 0 Å². The fraction of sp³-hybridized carbons (Fsp3) is 0.111. The second kappa shape index (κ2) is 8.57. The third-order valence-corrected chi connectivity index (χ3v) is 5.94. The van der Waals surface area contributed by atoms with E-state index in [4.69, 9.17) is 13.9 Å². The van der Waals surface area contributed by atoms with Crippen molar-refractivity contribution in [2.75, 3.05) is 19.1 Å². The number of ether oxygens (including phenoxy) is 2. The molecule has 0 saturated heterocycles. The zero-order valence-corrected chi connectivity index (χ0v) is 18.9. The summed E-state index contributed by atoms with van der Waals surface area (Å²) < 4.78 is 16.4. The van der Waals surface area contributed by atoms with Crippen molar-refractivity contribution in [3.63, 3.8) is 0 Å². The van der Waals surface area contributed by atoms with Crippen molar-refractivity contribution in [1.29, 1.82) is 0 Å². The second-order valence-corrected chi connectivity index (χ2v) is 7.95. The number of carbonyl (C=O) groups is 2. The van der Waals surface area contributed by atoms with Crippen molar-refractivity contribution in [2.24, 2.45) is 0 Å². The number of benzene rings is 3. The highest BCUT2D eigenvalue weighted by Crippen LogP contribution is 2.43. The summed E-state index contributed by atoms with van der Waals surface area (Å²) in [5.74, 6) is -1.13. The average Bonchev–Trinajstić information content (AvgIpc) is 3.43. The van der Waals surface area contributed by atoms with Gasteiger partial charge in [-0.1, -0.05) is 30.3 Å². The van der Waals surface area contributed by atoms with E-state index >= 15 is 0 Å². The molecule has 0 radical (unpaired) electrons. The van der Waals surface area contributed by atoms with Gasteiger partial charge in [0.25, 0.3) is 5.91 Å². The number of methoxy groups -OCH3 is 2. The lowest BCUT2D eigenvalue weighted by Gasteiger charge is -2.27. The molecule has 1 aliphatic heterocycles. The average molecular weight is 471 g/mol. The van der Waals surface area contributed by atoms with Crippen LogP contribution < -0.4 is 14.4 Å². The summed E-state index contributed by atoms with van der Waals surface area (Å²) in [6, 6.07) is 18.7. The summed E-state index contributed by atoms with van der Waals surface area (Å²) in [6.45, 7) is 0. The first-order valence-corrected chi connectivity index (χ1v) is 10.7. The number of aromatic hydroxyl groups is 1. The molecule has 1 aromatic heterocycles. The number of nitrogens with zero attached hydrogens (tertiary/aromatic N) is 1. The van der Waals surface area contributed by atoms with Gasteiger partial charge in [-0.05, 0) is 42.0 Å². The highest BCUT2D eigenvalue weighted by molar-refractivity contribution is 6.20. The van der Waals surface area contributed by atoms with Gasteiger partial charge in [-0.2, -0.15) is 0 Å². The summed E-state index contributed by atoms with van der Waals surface area (Å²) in [4.78, 5) is 28.3. The molecule has 0 aliphatic carbocycles. The van der Waals surface area contributed by atoms with Gasteiger partial charge in [0.1, 0.15) is 11.5 Å². The molecular formula is C27H21NO7. The van der Waals surface area contributed by atoms with Gasteiger partial charge >= 0.3 is 0 Å². The van der Waals surface area contributed by atoms with Gasteiger partial charge in [0.2, 0.25) is 5.78 Å². The number of hydrogen-bond donors (Lipinski definition) is 2. The molecule has 0 saturated carbocycles. The predicted molar refractivity (Wildman–Crippen MR) is 128 cm³/mol. The van der Waals surface area contributed by atoms with Gasteiger partial charge in [-0.25, -0.2) is 0 Å². The van der Waals surface area contributed by atoms with E-state index in [0.29, 0.717) is 33.7 Å². The summed E-state index contributed by atoms with van der Waals surface area (Å²) in [5, 5.41) is 21.4. The van der Waals surface area contributed by atoms with Crippen molar-refractivity contribution >= 4 is 28.3 Å². The van der Waals surface area contributed by atoms with Gasteiger partial charge in [-0.3, -0.25) is 14.5 Å². The Balaban J connectivity index is 1.66. The zero-order chi connectivity index (χ0) is 24.7. The first kappa shape index (κ1) is 22.1. The molecule has 1 aliphatic rings.